The standard InChI is InChI=1S/C18H22N4O2/c1-10-5-11(2)7-12(6-10)22-18(20-17(21-22)9-16(19)23)14-8-13-3-4-15(14)24-13/h5-7,13-15H,3-4,8-9H2,1-2H3,(H2,19,23)/t13-,14-,15+/m0/s1. The zero-order chi connectivity index (χ0) is 16.8. The van der Waals surface area contributed by atoms with Gasteiger partial charge >= 0.3 is 0 Å². The molecule has 0 spiro atoms. The first-order valence-electron chi connectivity index (χ1n) is 8.48. The number of benzene rings is 1. The average Bonchev–Trinajstić information content (AvgIpc) is 3.19. The summed E-state index contributed by atoms with van der Waals surface area (Å²) in [6.45, 7) is 4.14. The van der Waals surface area contributed by atoms with E-state index in [0.29, 0.717) is 11.9 Å². The van der Waals surface area contributed by atoms with Crippen LogP contribution in [-0.2, 0) is 16.0 Å². The second-order valence-corrected chi connectivity index (χ2v) is 7.00. The van der Waals surface area contributed by atoms with Crippen LogP contribution in [0.25, 0.3) is 5.69 Å². The van der Waals surface area contributed by atoms with E-state index < -0.39 is 5.91 Å². The minimum Gasteiger partial charge on any atom is -0.374 e. The molecule has 2 aliphatic heterocycles. The minimum atomic E-state index is -0.414. The fraction of sp³-hybridized carbons (Fsp3) is 0.500. The minimum absolute atomic E-state index is 0.0620. The summed E-state index contributed by atoms with van der Waals surface area (Å²) in [7, 11) is 0. The van der Waals surface area contributed by atoms with Crippen LogP contribution >= 0.6 is 0 Å². The molecule has 4 rings (SSSR count). The van der Waals surface area contributed by atoms with Crippen molar-refractivity contribution in [1.29, 1.82) is 0 Å². The Labute approximate surface area is 141 Å². The number of amides is 1. The summed E-state index contributed by atoms with van der Waals surface area (Å²) >= 11 is 0. The van der Waals surface area contributed by atoms with Crippen molar-refractivity contribution >= 4 is 5.91 Å². The van der Waals surface area contributed by atoms with Crippen LogP contribution in [-0.4, -0.2) is 32.9 Å². The highest BCUT2D eigenvalue weighted by molar-refractivity contribution is 5.75. The van der Waals surface area contributed by atoms with Gasteiger partial charge in [0.05, 0.1) is 24.3 Å². The molecule has 0 radical (unpaired) electrons. The predicted octanol–water partition coefficient (Wildman–Crippen LogP) is 1.95. The molecule has 1 aromatic carbocycles. The fourth-order valence-corrected chi connectivity index (χ4v) is 4.01. The summed E-state index contributed by atoms with van der Waals surface area (Å²) in [6, 6.07) is 6.31. The van der Waals surface area contributed by atoms with Crippen LogP contribution in [0.3, 0.4) is 0 Å². The van der Waals surface area contributed by atoms with E-state index in [4.69, 9.17) is 10.5 Å². The van der Waals surface area contributed by atoms with Crippen molar-refractivity contribution in [3.63, 3.8) is 0 Å². The van der Waals surface area contributed by atoms with Gasteiger partial charge in [0.15, 0.2) is 5.82 Å². The third kappa shape index (κ3) is 2.71. The van der Waals surface area contributed by atoms with Crippen molar-refractivity contribution in [2.24, 2.45) is 5.73 Å². The molecular weight excluding hydrogens is 304 g/mol. The highest BCUT2D eigenvalue weighted by atomic mass is 16.5. The van der Waals surface area contributed by atoms with E-state index in [0.717, 1.165) is 30.8 Å². The number of hydrogen-bond donors (Lipinski definition) is 1. The Kier molecular flexibility index (Phi) is 3.64. The topological polar surface area (TPSA) is 83.0 Å². The number of hydrogen-bond acceptors (Lipinski definition) is 4. The zero-order valence-electron chi connectivity index (χ0n) is 14.0. The van der Waals surface area contributed by atoms with Crippen LogP contribution in [0.4, 0.5) is 0 Å². The summed E-state index contributed by atoms with van der Waals surface area (Å²) in [4.78, 5) is 15.9. The quantitative estimate of drug-likeness (QED) is 0.931. The van der Waals surface area contributed by atoms with E-state index >= 15 is 0 Å². The number of nitrogens with zero attached hydrogens (tertiary/aromatic N) is 3. The molecular formula is C18H22N4O2. The molecule has 3 heterocycles. The van der Waals surface area contributed by atoms with Gasteiger partial charge in [-0.25, -0.2) is 9.67 Å². The molecule has 6 nitrogen and oxygen atoms in total. The van der Waals surface area contributed by atoms with E-state index in [1.165, 1.54) is 11.1 Å². The molecule has 0 aliphatic carbocycles. The molecule has 24 heavy (non-hydrogen) atoms. The molecule has 2 aromatic rings. The smallest absolute Gasteiger partial charge is 0.225 e. The van der Waals surface area contributed by atoms with Crippen LogP contribution in [0.2, 0.25) is 0 Å². The Morgan fingerprint density at radius 1 is 1.29 bits per heavy atom. The summed E-state index contributed by atoms with van der Waals surface area (Å²) in [5, 5.41) is 4.58. The zero-order valence-corrected chi connectivity index (χ0v) is 14.0. The number of nitrogens with two attached hydrogens (primary N) is 1. The van der Waals surface area contributed by atoms with Crippen molar-refractivity contribution in [2.75, 3.05) is 0 Å². The summed E-state index contributed by atoms with van der Waals surface area (Å²) in [6.07, 6.45) is 3.79. The number of aryl methyl sites for hydroxylation is 2. The molecule has 0 unspecified atom stereocenters. The maximum atomic E-state index is 11.3. The van der Waals surface area contributed by atoms with E-state index in [9.17, 15) is 4.79 Å². The monoisotopic (exact) mass is 326 g/mol. The number of ether oxygens (including phenoxy) is 1. The molecule has 2 aliphatic rings. The van der Waals surface area contributed by atoms with Gasteiger partial charge in [0, 0.05) is 5.92 Å². The number of fused-ring (bicyclic) bond motifs is 2. The van der Waals surface area contributed by atoms with Gasteiger partial charge in [-0.15, -0.1) is 0 Å². The first-order chi connectivity index (χ1) is 11.5. The Balaban J connectivity index is 1.79. The Morgan fingerprint density at radius 3 is 2.62 bits per heavy atom. The third-order valence-corrected chi connectivity index (χ3v) is 4.90. The Hall–Kier alpha value is -2.21. The van der Waals surface area contributed by atoms with Crippen LogP contribution in [0, 0.1) is 13.8 Å². The maximum absolute atomic E-state index is 11.3. The average molecular weight is 326 g/mol. The highest BCUT2D eigenvalue weighted by Gasteiger charge is 2.44. The molecule has 1 aromatic heterocycles. The molecule has 2 fully saturated rings. The van der Waals surface area contributed by atoms with Crippen LogP contribution < -0.4 is 5.73 Å². The SMILES string of the molecule is Cc1cc(C)cc(-n2nc(CC(N)=O)nc2[C@H]2C[C@@H]3CC[C@H]2O3)c1. The Bertz CT molecular complexity index is 778. The van der Waals surface area contributed by atoms with Crippen molar-refractivity contribution in [2.45, 2.75) is 57.7 Å². The van der Waals surface area contributed by atoms with Gasteiger partial charge in [-0.05, 0) is 56.4 Å². The first-order valence-corrected chi connectivity index (χ1v) is 8.48. The van der Waals surface area contributed by atoms with Crippen molar-refractivity contribution < 1.29 is 9.53 Å². The van der Waals surface area contributed by atoms with Crippen LogP contribution in [0.5, 0.6) is 0 Å². The lowest BCUT2D eigenvalue weighted by Crippen LogP contribution is -2.19. The molecule has 3 atom stereocenters. The van der Waals surface area contributed by atoms with Gasteiger partial charge in [0.1, 0.15) is 5.82 Å². The first kappa shape index (κ1) is 15.3. The lowest BCUT2D eigenvalue weighted by Gasteiger charge is -2.18. The molecule has 1 amide bonds. The highest BCUT2D eigenvalue weighted by Crippen LogP contribution is 2.44. The summed E-state index contributed by atoms with van der Waals surface area (Å²) < 4.78 is 7.88. The van der Waals surface area contributed by atoms with E-state index in [-0.39, 0.29) is 18.4 Å². The van der Waals surface area contributed by atoms with Gasteiger partial charge in [-0.1, -0.05) is 6.07 Å². The molecule has 2 N–H and O–H groups in total. The van der Waals surface area contributed by atoms with Gasteiger partial charge < -0.3 is 10.5 Å². The number of primary amides is 1. The van der Waals surface area contributed by atoms with Gasteiger partial charge in [-0.3, -0.25) is 4.79 Å². The van der Waals surface area contributed by atoms with Gasteiger partial charge in [-0.2, -0.15) is 5.10 Å². The maximum Gasteiger partial charge on any atom is 0.225 e. The molecule has 2 bridgehead atoms. The largest absolute Gasteiger partial charge is 0.374 e. The van der Waals surface area contributed by atoms with Crippen LogP contribution in [0.1, 0.15) is 48.0 Å². The number of carbonyl (C=O) groups excluding carboxylic acids is 1. The molecule has 2 saturated heterocycles. The lowest BCUT2D eigenvalue weighted by molar-refractivity contribution is -0.117. The van der Waals surface area contributed by atoms with Crippen molar-refractivity contribution in [3.05, 3.63) is 41.0 Å². The molecule has 0 saturated carbocycles. The second kappa shape index (κ2) is 5.70. The van der Waals surface area contributed by atoms with E-state index in [2.05, 4.69) is 42.1 Å². The van der Waals surface area contributed by atoms with Gasteiger partial charge in [0.2, 0.25) is 5.91 Å². The van der Waals surface area contributed by atoms with Crippen molar-refractivity contribution in [3.8, 4) is 5.69 Å². The van der Waals surface area contributed by atoms with Gasteiger partial charge in [0.25, 0.3) is 0 Å². The second-order valence-electron chi connectivity index (χ2n) is 7.00. The number of rotatable bonds is 4. The number of carbonyl (C=O) groups is 1. The van der Waals surface area contributed by atoms with E-state index in [1.54, 1.807) is 0 Å². The lowest BCUT2D eigenvalue weighted by atomic mass is 9.88. The third-order valence-electron chi connectivity index (χ3n) is 4.90. The molecule has 6 heteroatoms. The van der Waals surface area contributed by atoms with Crippen LogP contribution in [0.15, 0.2) is 18.2 Å². The van der Waals surface area contributed by atoms with Crippen molar-refractivity contribution in [1.82, 2.24) is 14.8 Å². The predicted molar refractivity (Wildman–Crippen MR) is 89.0 cm³/mol. The fourth-order valence-electron chi connectivity index (χ4n) is 4.01. The van der Waals surface area contributed by atoms with E-state index in [1.807, 2.05) is 4.68 Å². The number of aromatic nitrogens is 3. The Morgan fingerprint density at radius 2 is 2.04 bits per heavy atom. The summed E-state index contributed by atoms with van der Waals surface area (Å²) in [5.41, 5.74) is 8.66. The normalized spacial score (nSPS) is 25.3. The summed E-state index contributed by atoms with van der Waals surface area (Å²) in [5.74, 6) is 1.20. The molecule has 126 valence electrons.